The Morgan fingerprint density at radius 2 is 2.10 bits per heavy atom. The Kier molecular flexibility index (Phi) is 6.99. The second-order valence-corrected chi connectivity index (χ2v) is 7.47. The number of carbonyl (C=O) groups is 2. The van der Waals surface area contributed by atoms with E-state index < -0.39 is 23.7 Å². The van der Waals surface area contributed by atoms with Crippen LogP contribution in [-0.2, 0) is 20.5 Å². The highest BCUT2D eigenvalue weighted by Crippen LogP contribution is 2.37. The number of rotatable bonds is 6. The van der Waals surface area contributed by atoms with E-state index in [4.69, 9.17) is 9.84 Å². The first-order valence-corrected chi connectivity index (χ1v) is 9.91. The lowest BCUT2D eigenvalue weighted by Crippen LogP contribution is -2.43. The lowest BCUT2D eigenvalue weighted by molar-refractivity contribution is -0.137. The van der Waals surface area contributed by atoms with Gasteiger partial charge in [-0.1, -0.05) is 6.08 Å². The number of carbonyl (C=O) groups excluding carboxylic acids is 2. The molecule has 168 valence electrons. The summed E-state index contributed by atoms with van der Waals surface area (Å²) in [7, 11) is 0. The Hall–Kier alpha value is -2.88. The molecule has 3 rings (SSSR count). The van der Waals surface area contributed by atoms with Crippen molar-refractivity contribution in [2.24, 2.45) is 0 Å². The molecule has 1 aliphatic carbocycles. The number of nitrogens with zero attached hydrogens (tertiary/aromatic N) is 3. The molecule has 0 aromatic carbocycles. The monoisotopic (exact) mass is 439 g/mol. The van der Waals surface area contributed by atoms with Gasteiger partial charge in [0.2, 0.25) is 5.91 Å². The summed E-state index contributed by atoms with van der Waals surface area (Å²) in [5, 5.41) is 9.10. The topological polar surface area (TPSA) is 83.0 Å². The van der Waals surface area contributed by atoms with Crippen LogP contribution in [0.15, 0.2) is 41.9 Å². The molecule has 1 aliphatic heterocycles. The van der Waals surface area contributed by atoms with Gasteiger partial charge in [-0.3, -0.25) is 14.6 Å². The van der Waals surface area contributed by atoms with Gasteiger partial charge in [-0.2, -0.15) is 13.2 Å². The number of ether oxygens (including phenoxy) is 1. The molecule has 10 heteroatoms. The number of aromatic nitrogens is 1. The number of hydrogen-bond acceptors (Lipinski definition) is 5. The van der Waals surface area contributed by atoms with Gasteiger partial charge in [0.1, 0.15) is 0 Å². The van der Waals surface area contributed by atoms with Crippen LogP contribution in [0.4, 0.5) is 18.9 Å². The van der Waals surface area contributed by atoms with Crippen LogP contribution in [0.3, 0.4) is 0 Å². The maximum atomic E-state index is 13.4. The molecule has 2 amide bonds. The van der Waals surface area contributed by atoms with Gasteiger partial charge in [-0.15, -0.1) is 0 Å². The summed E-state index contributed by atoms with van der Waals surface area (Å²) >= 11 is 0. The minimum Gasteiger partial charge on any atom is -0.488 e. The van der Waals surface area contributed by atoms with Crippen LogP contribution < -0.4 is 4.90 Å². The van der Waals surface area contributed by atoms with Crippen LogP contribution in [0.25, 0.3) is 0 Å². The van der Waals surface area contributed by atoms with E-state index in [1.54, 1.807) is 12.2 Å². The lowest BCUT2D eigenvalue weighted by Gasteiger charge is -2.30. The molecule has 1 saturated heterocycles. The van der Waals surface area contributed by atoms with Crippen molar-refractivity contribution in [3.8, 4) is 0 Å². The highest BCUT2D eigenvalue weighted by Gasteiger charge is 2.39. The molecule has 0 bridgehead atoms. The van der Waals surface area contributed by atoms with Gasteiger partial charge < -0.3 is 19.6 Å². The number of amides is 2. The van der Waals surface area contributed by atoms with E-state index in [1.807, 2.05) is 0 Å². The number of aliphatic hydroxyl groups is 1. The van der Waals surface area contributed by atoms with Crippen molar-refractivity contribution in [1.29, 1.82) is 0 Å². The van der Waals surface area contributed by atoms with E-state index in [1.165, 1.54) is 11.8 Å². The Morgan fingerprint density at radius 1 is 1.32 bits per heavy atom. The van der Waals surface area contributed by atoms with Gasteiger partial charge in [0.05, 0.1) is 35.9 Å². The zero-order valence-corrected chi connectivity index (χ0v) is 17.1. The summed E-state index contributed by atoms with van der Waals surface area (Å²) in [6.45, 7) is 1.41. The number of allylic oxidation sites excluding steroid dienone is 3. The summed E-state index contributed by atoms with van der Waals surface area (Å²) in [5.41, 5.74) is -0.360. The standard InChI is InChI=1S/C21H24F3N3O4/c1-14(29)27(19-10-25-8-6-18(19)21(22,23)24)16-7-9-26(11-16)20(30)13-31-17-4-2-15(12-28)3-5-17/h2,4,6,8,10,16,28H,3,5,7,9,11-13H2,1H3/t16-/m1/s1. The van der Waals surface area contributed by atoms with Crippen molar-refractivity contribution in [3.05, 3.63) is 47.5 Å². The van der Waals surface area contributed by atoms with Crippen LogP contribution in [0, 0.1) is 0 Å². The first-order chi connectivity index (χ1) is 14.7. The number of pyridine rings is 1. The predicted molar refractivity (Wildman–Crippen MR) is 106 cm³/mol. The molecule has 0 unspecified atom stereocenters. The first-order valence-electron chi connectivity index (χ1n) is 9.91. The number of anilines is 1. The van der Waals surface area contributed by atoms with Crippen molar-refractivity contribution in [2.45, 2.75) is 38.4 Å². The summed E-state index contributed by atoms with van der Waals surface area (Å²) in [6, 6.07) is 0.251. The van der Waals surface area contributed by atoms with Crippen molar-refractivity contribution in [1.82, 2.24) is 9.88 Å². The van der Waals surface area contributed by atoms with Crippen molar-refractivity contribution in [2.75, 3.05) is 31.2 Å². The van der Waals surface area contributed by atoms with E-state index in [0.717, 1.165) is 28.9 Å². The smallest absolute Gasteiger partial charge is 0.418 e. The number of hydrogen-bond donors (Lipinski definition) is 1. The molecule has 0 saturated carbocycles. The Morgan fingerprint density at radius 3 is 2.71 bits per heavy atom. The van der Waals surface area contributed by atoms with Gasteiger partial charge in [-0.25, -0.2) is 0 Å². The van der Waals surface area contributed by atoms with Gasteiger partial charge in [-0.05, 0) is 30.6 Å². The Bertz CT molecular complexity index is 898. The van der Waals surface area contributed by atoms with Crippen LogP contribution in [-0.4, -0.2) is 59.1 Å². The van der Waals surface area contributed by atoms with Crippen molar-refractivity contribution in [3.63, 3.8) is 0 Å². The fourth-order valence-corrected chi connectivity index (χ4v) is 3.78. The van der Waals surface area contributed by atoms with Crippen LogP contribution in [0.1, 0.15) is 31.7 Å². The number of aliphatic hydroxyl groups excluding tert-OH is 1. The van der Waals surface area contributed by atoms with Gasteiger partial charge in [0, 0.05) is 32.6 Å². The maximum absolute atomic E-state index is 13.4. The van der Waals surface area contributed by atoms with Crippen molar-refractivity contribution >= 4 is 17.5 Å². The molecule has 1 aromatic heterocycles. The SMILES string of the molecule is CC(=O)N(c1cnccc1C(F)(F)F)[C@@H]1CCN(C(=O)COC2=CC=C(CO)CC2)C1. The van der Waals surface area contributed by atoms with E-state index in [-0.39, 0.29) is 31.4 Å². The average Bonchev–Trinajstić information content (AvgIpc) is 3.21. The van der Waals surface area contributed by atoms with Crippen molar-refractivity contribution < 1.29 is 32.6 Å². The van der Waals surface area contributed by atoms with Gasteiger partial charge >= 0.3 is 6.18 Å². The lowest BCUT2D eigenvalue weighted by atomic mass is 10.0. The first kappa shape index (κ1) is 22.8. The third kappa shape index (κ3) is 5.43. The summed E-state index contributed by atoms with van der Waals surface area (Å²) < 4.78 is 45.8. The summed E-state index contributed by atoms with van der Waals surface area (Å²) in [5.74, 6) is -0.212. The van der Waals surface area contributed by atoms with E-state index in [9.17, 15) is 22.8 Å². The second-order valence-electron chi connectivity index (χ2n) is 7.47. The highest BCUT2D eigenvalue weighted by molar-refractivity contribution is 5.93. The minimum absolute atomic E-state index is 0.0164. The summed E-state index contributed by atoms with van der Waals surface area (Å²) in [4.78, 5) is 31.1. The van der Waals surface area contributed by atoms with E-state index in [0.29, 0.717) is 31.6 Å². The van der Waals surface area contributed by atoms with Crippen LogP contribution in [0.2, 0.25) is 0 Å². The maximum Gasteiger partial charge on any atom is 0.418 e. The van der Waals surface area contributed by atoms with Gasteiger partial charge in [0.25, 0.3) is 5.91 Å². The van der Waals surface area contributed by atoms with Crippen LogP contribution in [0.5, 0.6) is 0 Å². The number of alkyl halides is 3. The number of halogens is 3. The summed E-state index contributed by atoms with van der Waals surface area (Å²) in [6.07, 6.45) is 2.49. The van der Waals surface area contributed by atoms with Gasteiger partial charge in [0.15, 0.2) is 6.61 Å². The molecule has 7 nitrogen and oxygen atoms in total. The molecule has 31 heavy (non-hydrogen) atoms. The Labute approximate surface area is 177 Å². The molecule has 0 spiro atoms. The molecular formula is C21H24F3N3O4. The third-order valence-corrected chi connectivity index (χ3v) is 5.37. The predicted octanol–water partition coefficient (Wildman–Crippen LogP) is 2.67. The molecule has 1 N–H and O–H groups in total. The normalized spacial score (nSPS) is 19.0. The molecule has 2 aliphatic rings. The molecule has 1 aromatic rings. The fourth-order valence-electron chi connectivity index (χ4n) is 3.78. The largest absolute Gasteiger partial charge is 0.488 e. The highest BCUT2D eigenvalue weighted by atomic mass is 19.4. The minimum atomic E-state index is -4.63. The molecule has 1 fully saturated rings. The quantitative estimate of drug-likeness (QED) is 0.737. The third-order valence-electron chi connectivity index (χ3n) is 5.37. The zero-order valence-electron chi connectivity index (χ0n) is 17.1. The molecule has 0 radical (unpaired) electrons. The molecule has 1 atom stereocenters. The Balaban J connectivity index is 1.66. The molecule has 2 heterocycles. The second kappa shape index (κ2) is 9.51. The van der Waals surface area contributed by atoms with E-state index in [2.05, 4.69) is 4.98 Å². The van der Waals surface area contributed by atoms with E-state index >= 15 is 0 Å². The molecular weight excluding hydrogens is 415 g/mol. The fraction of sp³-hybridized carbons (Fsp3) is 0.476. The zero-order chi connectivity index (χ0) is 22.6. The van der Waals surface area contributed by atoms with Crippen LogP contribution >= 0.6 is 0 Å². The average molecular weight is 439 g/mol. The number of likely N-dealkylation sites (tertiary alicyclic amines) is 1.